The van der Waals surface area contributed by atoms with Crippen LogP contribution < -0.4 is 9.30 Å². The van der Waals surface area contributed by atoms with E-state index in [-0.39, 0.29) is 50.1 Å². The molecule has 5 heteroatoms. The van der Waals surface area contributed by atoms with Crippen molar-refractivity contribution in [1.82, 2.24) is 14.1 Å². The molecule has 0 N–H and O–H groups in total. The van der Waals surface area contributed by atoms with E-state index in [1.54, 1.807) is 87.6 Å². The molecule has 76 heavy (non-hydrogen) atoms. The van der Waals surface area contributed by atoms with E-state index in [1.807, 2.05) is 53.1 Å². The van der Waals surface area contributed by atoms with Gasteiger partial charge in [0.05, 0.1) is 44.4 Å². The molecule has 378 valence electrons. The van der Waals surface area contributed by atoms with E-state index in [2.05, 4.69) is 27.1 Å². The first-order valence-electron chi connectivity index (χ1n) is 38.2. The van der Waals surface area contributed by atoms with E-state index >= 15 is 0 Å². The summed E-state index contributed by atoms with van der Waals surface area (Å²) < 4.78 is 262. The van der Waals surface area contributed by atoms with Crippen LogP contribution >= 0.6 is 0 Å². The predicted octanol–water partition coefficient (Wildman–Crippen LogP) is 18.2. The predicted molar refractivity (Wildman–Crippen MR) is 316 cm³/mol. The number of hydrogen-bond donors (Lipinski definition) is 0. The summed E-state index contributed by atoms with van der Waals surface area (Å²) in [6, 6.07) is 28.8. The van der Waals surface area contributed by atoms with Crippen molar-refractivity contribution >= 4 is 32.8 Å². The van der Waals surface area contributed by atoms with Crippen LogP contribution in [0.3, 0.4) is 0 Å². The average Bonchev–Trinajstić information content (AvgIpc) is 0.986. The number of ether oxygens (including phenoxy) is 1. The fourth-order valence-electron chi connectivity index (χ4n) is 9.95. The van der Waals surface area contributed by atoms with Gasteiger partial charge in [-0.05, 0) is 163 Å². The fraction of sp³-hybridized carbons (Fsp3) is 0.239. The standard InChI is InChI=1S/C71H68N4O/c1-46-37-64-65(44-57(46)47-21-14-12-15-22-47)74(67-58(48-23-16-13-17-24-48)39-51(69(5,6)7)40-59(67)49-29-32-60-61(38-49)71(10,11)35-34-70(60,8)9)45-73(64)52-25-20-26-53(42-52)76-54-30-31-56-55-27-18-19-28-62(55)75(63(56)43-54)66-41-50(33-36-72-66)68(2,3)4/h12-33,36-44H,34-35H2,1-11H3/i1D3,8D3,9D3,10D3,11D3,13D,16D,17D,23D,24D,29D,32D,34D2,35D2,38D. The van der Waals surface area contributed by atoms with E-state index in [4.69, 9.17) is 34.4 Å². The maximum absolute atomic E-state index is 10.5. The van der Waals surface area contributed by atoms with Crippen LogP contribution in [0.4, 0.5) is 0 Å². The molecule has 0 amide bonds. The Morgan fingerprint density at radius 2 is 1.32 bits per heavy atom. The van der Waals surface area contributed by atoms with Crippen molar-refractivity contribution in [3.8, 4) is 62.1 Å². The molecule has 0 bridgehead atoms. The van der Waals surface area contributed by atoms with Gasteiger partial charge in [0, 0.05) is 49.1 Å². The smallest absolute Gasteiger partial charge is 0.269 e. The molecule has 0 fully saturated rings. The lowest BCUT2D eigenvalue weighted by molar-refractivity contribution is -0.571. The van der Waals surface area contributed by atoms with Crippen LogP contribution in [0.1, 0.15) is 147 Å². The van der Waals surface area contributed by atoms with Crippen molar-refractivity contribution in [2.75, 3.05) is 0 Å². The topological polar surface area (TPSA) is 35.9 Å². The Morgan fingerprint density at radius 3 is 2.07 bits per heavy atom. The van der Waals surface area contributed by atoms with Crippen molar-refractivity contribution in [1.29, 1.82) is 0 Å². The number of fused-ring (bicyclic) bond motifs is 5. The Kier molecular flexibility index (Phi) is 6.46. The number of rotatable bonds is 8. The van der Waals surface area contributed by atoms with Gasteiger partial charge in [0.1, 0.15) is 17.3 Å². The van der Waals surface area contributed by atoms with Gasteiger partial charge in [0.2, 0.25) is 0 Å². The number of para-hydroxylation sites is 1. The molecule has 5 nitrogen and oxygen atoms in total. The molecule has 0 saturated carbocycles. The third-order valence-electron chi connectivity index (χ3n) is 13.9. The van der Waals surface area contributed by atoms with Crippen LogP contribution in [-0.2, 0) is 21.7 Å². The van der Waals surface area contributed by atoms with Gasteiger partial charge in [-0.3, -0.25) is 13.7 Å². The Balaban J connectivity index is 1.25. The van der Waals surface area contributed by atoms with Gasteiger partial charge in [-0.25, -0.2) is 4.98 Å². The van der Waals surface area contributed by atoms with E-state index in [0.29, 0.717) is 17.1 Å². The minimum Gasteiger partial charge on any atom is -0.458 e. The molecule has 0 unspecified atom stereocenters. The zero-order valence-corrected chi connectivity index (χ0v) is 42.5. The third kappa shape index (κ3) is 8.60. The summed E-state index contributed by atoms with van der Waals surface area (Å²) in [5, 5.41) is 1.83. The summed E-state index contributed by atoms with van der Waals surface area (Å²) in [5.41, 5.74) is -13.8. The Labute approximate surface area is 487 Å². The van der Waals surface area contributed by atoms with Crippen molar-refractivity contribution in [2.45, 2.75) is 110 Å². The molecule has 3 heterocycles. The minimum atomic E-state index is -4.70. The van der Waals surface area contributed by atoms with E-state index in [1.165, 1.54) is 33.4 Å². The second-order valence-electron chi connectivity index (χ2n) is 21.2. The molecular weight excluding hydrogens is 925 g/mol. The number of aromatic nitrogens is 4. The van der Waals surface area contributed by atoms with Gasteiger partial charge < -0.3 is 4.74 Å². The molecule has 0 spiro atoms. The molecule has 0 radical (unpaired) electrons. The van der Waals surface area contributed by atoms with E-state index in [9.17, 15) is 12.3 Å². The lowest BCUT2D eigenvalue weighted by atomic mass is 9.63. The molecular formula is C71H68N4O. The molecule has 0 saturated heterocycles. The summed E-state index contributed by atoms with van der Waals surface area (Å²) >= 11 is 0. The zero-order chi connectivity index (χ0) is 75.9. The van der Waals surface area contributed by atoms with Crippen LogP contribution in [0.25, 0.3) is 83.4 Å². The van der Waals surface area contributed by atoms with E-state index in [0.717, 1.165) is 27.4 Å². The molecule has 11 aromatic rings. The highest BCUT2D eigenvalue weighted by atomic mass is 16.5. The largest absolute Gasteiger partial charge is 0.458 e. The molecule has 1 aliphatic rings. The molecule has 1 aliphatic carbocycles. The number of nitrogens with zero attached hydrogens (tertiary/aromatic N) is 4. The van der Waals surface area contributed by atoms with Gasteiger partial charge in [0.25, 0.3) is 6.33 Å². The molecule has 8 aromatic carbocycles. The third-order valence-corrected chi connectivity index (χ3v) is 13.9. The zero-order valence-electron chi connectivity index (χ0n) is 69.5. The summed E-state index contributed by atoms with van der Waals surface area (Å²) in [5.74, 6) is 1.22. The maximum atomic E-state index is 10.5. The SMILES string of the molecule is [2H]c1c([2H])c([2H])c(-c2cc(C(C)(C)C)cc(-c3c([2H])c([2H])c4c(c3[2H])C(C([2H])([2H])[2H])(C([2H])([2H])[2H])C([2H])([2H])C([2H])([2H])C4(C([2H])([2H])[2H])C([2H])([2H])[2H])c2-[n+]2[c-]n(-c3cccc(Oc4ccc5c6ccccc6n(-c6cc(C(C)(C)C)ccn6)c5c4)c3)c3cc(C([2H])([2H])[2H])c(-c4ccccc4)cc32)c([2H])c1[2H]. The number of imidazole rings is 1. The van der Waals surface area contributed by atoms with Gasteiger partial charge in [-0.1, -0.05) is 184 Å². The molecule has 0 aliphatic heterocycles. The summed E-state index contributed by atoms with van der Waals surface area (Å²) in [6.45, 7) is -9.22. The van der Waals surface area contributed by atoms with Crippen molar-refractivity contribution in [2.24, 2.45) is 0 Å². The van der Waals surface area contributed by atoms with Crippen LogP contribution in [-0.4, -0.2) is 14.1 Å². The van der Waals surface area contributed by atoms with Gasteiger partial charge >= 0.3 is 0 Å². The summed E-state index contributed by atoms with van der Waals surface area (Å²) in [6.07, 6.45) is -4.31. The highest BCUT2D eigenvalue weighted by molar-refractivity contribution is 6.09. The Morgan fingerprint density at radius 1 is 0.605 bits per heavy atom. The maximum Gasteiger partial charge on any atom is 0.269 e. The van der Waals surface area contributed by atoms with Gasteiger partial charge in [0.15, 0.2) is 0 Å². The molecule has 0 atom stereocenters. The first kappa shape index (κ1) is 27.2. The lowest BCUT2D eigenvalue weighted by Gasteiger charge is -2.42. The van der Waals surface area contributed by atoms with Crippen LogP contribution in [0.15, 0.2) is 188 Å². The summed E-state index contributed by atoms with van der Waals surface area (Å²) in [4.78, 5) is 4.81. The van der Waals surface area contributed by atoms with Crippen LogP contribution in [0.2, 0.25) is 0 Å². The monoisotopic (exact) mass is 1020 g/mol. The van der Waals surface area contributed by atoms with E-state index < -0.39 is 145 Å². The minimum absolute atomic E-state index is 0.0000547. The molecule has 3 aromatic heterocycles. The normalized spacial score (nSPS) is 21.7. The Hall–Kier alpha value is -8.02. The first-order chi connectivity index (χ1) is 47.4. The van der Waals surface area contributed by atoms with Crippen LogP contribution in [0.5, 0.6) is 11.5 Å². The van der Waals surface area contributed by atoms with Gasteiger partial charge in [-0.2, -0.15) is 0 Å². The lowest BCUT2D eigenvalue weighted by Crippen LogP contribution is -2.34. The number of hydrogen-bond acceptors (Lipinski definition) is 2. The Bertz CT molecular complexity index is 5260. The van der Waals surface area contributed by atoms with Crippen molar-refractivity contribution < 1.29 is 46.3 Å². The van der Waals surface area contributed by atoms with Crippen LogP contribution in [0, 0.1) is 13.2 Å². The summed E-state index contributed by atoms with van der Waals surface area (Å²) in [7, 11) is 0. The number of benzene rings is 8. The number of aryl methyl sites for hydroxylation is 1. The number of pyridine rings is 1. The second kappa shape index (κ2) is 18.1. The molecule has 12 rings (SSSR count). The quantitative estimate of drug-likeness (QED) is 0.112. The highest BCUT2D eigenvalue weighted by Crippen LogP contribution is 2.48. The van der Waals surface area contributed by atoms with Gasteiger partial charge in [-0.15, -0.1) is 0 Å². The fourth-order valence-corrected chi connectivity index (χ4v) is 9.95. The first-order valence-corrected chi connectivity index (χ1v) is 24.7. The highest BCUT2D eigenvalue weighted by Gasteiger charge is 2.37. The average molecular weight is 1020 g/mol. The van der Waals surface area contributed by atoms with Crippen molar-refractivity contribution in [3.63, 3.8) is 0 Å². The van der Waals surface area contributed by atoms with Crippen molar-refractivity contribution in [3.05, 3.63) is 222 Å². The second-order valence-corrected chi connectivity index (χ2v) is 21.2.